The van der Waals surface area contributed by atoms with Crippen molar-refractivity contribution in [2.45, 2.75) is 95.1 Å². The SMILES string of the molecule is CCCC(O)CC=CC1=C(COC(C)=O)C2OC(C)(C)C(O)CC23OC3C1O. The maximum Gasteiger partial charge on any atom is 0.302 e. The van der Waals surface area contributed by atoms with Crippen molar-refractivity contribution in [3.63, 3.8) is 0 Å². The fourth-order valence-electron chi connectivity index (χ4n) is 4.26. The Hall–Kier alpha value is -1.25. The number of carbonyl (C=O) groups is 1. The molecule has 3 rings (SSSR count). The van der Waals surface area contributed by atoms with Gasteiger partial charge in [0.2, 0.25) is 0 Å². The summed E-state index contributed by atoms with van der Waals surface area (Å²) in [6, 6.07) is 0. The zero-order chi connectivity index (χ0) is 20.7. The smallest absolute Gasteiger partial charge is 0.302 e. The summed E-state index contributed by atoms with van der Waals surface area (Å²) in [6.45, 7) is 6.95. The van der Waals surface area contributed by atoms with Gasteiger partial charge < -0.3 is 29.5 Å². The van der Waals surface area contributed by atoms with Crippen molar-refractivity contribution >= 4 is 5.97 Å². The minimum absolute atomic E-state index is 0.0156. The lowest BCUT2D eigenvalue weighted by atomic mass is 9.72. The van der Waals surface area contributed by atoms with E-state index in [9.17, 15) is 20.1 Å². The molecule has 0 aromatic heterocycles. The molecule has 3 N–H and O–H groups in total. The molecular formula is C21H32O7. The van der Waals surface area contributed by atoms with Crippen LogP contribution in [0.5, 0.6) is 0 Å². The monoisotopic (exact) mass is 396 g/mol. The number of aliphatic hydroxyl groups is 3. The molecule has 7 heteroatoms. The molecule has 0 aromatic rings. The van der Waals surface area contributed by atoms with Crippen molar-refractivity contribution in [2.75, 3.05) is 6.61 Å². The Labute approximate surface area is 166 Å². The molecule has 2 fully saturated rings. The average Bonchev–Trinajstić information content (AvgIpc) is 3.32. The summed E-state index contributed by atoms with van der Waals surface area (Å²) in [7, 11) is 0. The van der Waals surface area contributed by atoms with Crippen molar-refractivity contribution < 1.29 is 34.3 Å². The molecule has 6 unspecified atom stereocenters. The second-order valence-corrected chi connectivity index (χ2v) is 8.60. The van der Waals surface area contributed by atoms with Crippen LogP contribution in [0.15, 0.2) is 23.3 Å². The summed E-state index contributed by atoms with van der Waals surface area (Å²) in [5.74, 6) is -0.424. The second-order valence-electron chi connectivity index (χ2n) is 8.60. The van der Waals surface area contributed by atoms with Crippen LogP contribution in [0.3, 0.4) is 0 Å². The van der Waals surface area contributed by atoms with E-state index in [-0.39, 0.29) is 6.61 Å². The Morgan fingerprint density at radius 3 is 2.71 bits per heavy atom. The average molecular weight is 396 g/mol. The number of carbonyl (C=O) groups excluding carboxylic acids is 1. The lowest BCUT2D eigenvalue weighted by Gasteiger charge is -2.46. The first-order valence-corrected chi connectivity index (χ1v) is 10.0. The van der Waals surface area contributed by atoms with E-state index in [1.807, 2.05) is 26.8 Å². The summed E-state index contributed by atoms with van der Waals surface area (Å²) in [5.41, 5.74) is -0.330. The highest BCUT2D eigenvalue weighted by Crippen LogP contribution is 2.58. The van der Waals surface area contributed by atoms with E-state index in [4.69, 9.17) is 14.2 Å². The van der Waals surface area contributed by atoms with Gasteiger partial charge >= 0.3 is 5.97 Å². The highest BCUT2D eigenvalue weighted by molar-refractivity contribution is 5.66. The van der Waals surface area contributed by atoms with Gasteiger partial charge in [-0.05, 0) is 32.3 Å². The first-order chi connectivity index (χ1) is 13.1. The third-order valence-corrected chi connectivity index (χ3v) is 6.00. The van der Waals surface area contributed by atoms with E-state index in [2.05, 4.69) is 0 Å². The third-order valence-electron chi connectivity index (χ3n) is 6.00. The summed E-state index contributed by atoms with van der Waals surface area (Å²) in [6.07, 6.45) is 2.97. The van der Waals surface area contributed by atoms with Gasteiger partial charge in [0.15, 0.2) is 0 Å². The van der Waals surface area contributed by atoms with Gasteiger partial charge in [0, 0.05) is 18.9 Å². The van der Waals surface area contributed by atoms with E-state index in [0.717, 1.165) is 6.42 Å². The maximum absolute atomic E-state index is 11.4. The summed E-state index contributed by atoms with van der Waals surface area (Å²) < 4.78 is 17.3. The molecule has 3 aliphatic rings. The van der Waals surface area contributed by atoms with Crippen molar-refractivity contribution in [3.05, 3.63) is 23.3 Å². The van der Waals surface area contributed by atoms with Crippen LogP contribution in [0.25, 0.3) is 0 Å². The molecule has 0 amide bonds. The molecule has 0 bridgehead atoms. The van der Waals surface area contributed by atoms with Crippen LogP contribution in [-0.2, 0) is 19.0 Å². The largest absolute Gasteiger partial charge is 0.461 e. The van der Waals surface area contributed by atoms with Gasteiger partial charge in [0.25, 0.3) is 0 Å². The minimum Gasteiger partial charge on any atom is -0.461 e. The van der Waals surface area contributed by atoms with Gasteiger partial charge in [-0.1, -0.05) is 25.5 Å². The first-order valence-electron chi connectivity index (χ1n) is 10.0. The maximum atomic E-state index is 11.4. The van der Waals surface area contributed by atoms with Gasteiger partial charge in [-0.15, -0.1) is 0 Å². The van der Waals surface area contributed by atoms with Gasteiger partial charge in [-0.25, -0.2) is 0 Å². The normalized spacial score (nSPS) is 37.4. The minimum atomic E-state index is -0.904. The molecule has 0 aromatic carbocycles. The fourth-order valence-corrected chi connectivity index (χ4v) is 4.26. The molecule has 6 atom stereocenters. The van der Waals surface area contributed by atoms with Crippen LogP contribution in [0, 0.1) is 0 Å². The second kappa shape index (κ2) is 7.88. The molecule has 28 heavy (non-hydrogen) atoms. The molecular weight excluding hydrogens is 364 g/mol. The molecule has 2 heterocycles. The molecule has 1 spiro atoms. The van der Waals surface area contributed by atoms with Crippen molar-refractivity contribution in [1.29, 1.82) is 0 Å². The molecule has 2 saturated heterocycles. The van der Waals surface area contributed by atoms with Gasteiger partial charge in [-0.3, -0.25) is 4.79 Å². The topological polar surface area (TPSA) is 109 Å². The predicted molar refractivity (Wildman–Crippen MR) is 102 cm³/mol. The highest BCUT2D eigenvalue weighted by Gasteiger charge is 2.72. The Morgan fingerprint density at radius 2 is 2.07 bits per heavy atom. The molecule has 2 aliphatic heterocycles. The van der Waals surface area contributed by atoms with Crippen LogP contribution < -0.4 is 0 Å². The summed E-state index contributed by atoms with van der Waals surface area (Å²) >= 11 is 0. The Morgan fingerprint density at radius 1 is 1.36 bits per heavy atom. The highest BCUT2D eigenvalue weighted by atomic mass is 16.7. The van der Waals surface area contributed by atoms with Crippen LogP contribution in [0.1, 0.15) is 53.4 Å². The predicted octanol–water partition coefficient (Wildman–Crippen LogP) is 1.39. The van der Waals surface area contributed by atoms with Crippen LogP contribution >= 0.6 is 0 Å². The van der Waals surface area contributed by atoms with Crippen LogP contribution in [0.4, 0.5) is 0 Å². The number of aliphatic hydroxyl groups excluding tert-OH is 3. The summed E-state index contributed by atoms with van der Waals surface area (Å²) in [4.78, 5) is 11.4. The van der Waals surface area contributed by atoms with Crippen LogP contribution in [-0.4, -0.2) is 69.6 Å². The van der Waals surface area contributed by atoms with E-state index in [1.165, 1.54) is 6.92 Å². The van der Waals surface area contributed by atoms with Crippen molar-refractivity contribution in [2.24, 2.45) is 0 Å². The van der Waals surface area contributed by atoms with E-state index < -0.39 is 47.7 Å². The molecule has 0 saturated carbocycles. The molecule has 158 valence electrons. The van der Waals surface area contributed by atoms with Gasteiger partial charge in [0.05, 0.1) is 17.8 Å². The Balaban J connectivity index is 1.91. The lowest BCUT2D eigenvalue weighted by molar-refractivity contribution is -0.191. The van der Waals surface area contributed by atoms with E-state index in [1.54, 1.807) is 6.08 Å². The quantitative estimate of drug-likeness (QED) is 0.441. The molecule has 1 aliphatic carbocycles. The number of ether oxygens (including phenoxy) is 3. The number of epoxide rings is 1. The van der Waals surface area contributed by atoms with Crippen molar-refractivity contribution in [3.8, 4) is 0 Å². The van der Waals surface area contributed by atoms with E-state index >= 15 is 0 Å². The van der Waals surface area contributed by atoms with E-state index in [0.29, 0.717) is 30.4 Å². The molecule has 7 nitrogen and oxygen atoms in total. The third kappa shape index (κ3) is 3.91. The number of hydrogen-bond acceptors (Lipinski definition) is 7. The van der Waals surface area contributed by atoms with Gasteiger partial charge in [-0.2, -0.15) is 0 Å². The lowest BCUT2D eigenvalue weighted by Crippen LogP contribution is -2.59. The number of rotatable bonds is 7. The zero-order valence-corrected chi connectivity index (χ0v) is 17.1. The Bertz CT molecular complexity index is 668. The fraction of sp³-hybridized carbons (Fsp3) is 0.762. The van der Waals surface area contributed by atoms with Crippen molar-refractivity contribution in [1.82, 2.24) is 0 Å². The number of hydrogen-bond donors (Lipinski definition) is 3. The zero-order valence-electron chi connectivity index (χ0n) is 17.1. The number of esters is 1. The Kier molecular flexibility index (Phi) is 6.04. The molecule has 0 radical (unpaired) electrons. The van der Waals surface area contributed by atoms with Crippen LogP contribution in [0.2, 0.25) is 0 Å². The first kappa shape index (κ1) is 21.5. The standard InChI is InChI=1S/C21H32O7/c1-5-7-13(23)8-6-9-14-15(11-26-12(2)22)18-21(19(28-21)17(14)25)10-16(24)20(3,4)27-18/h6,9,13,16-19,23-25H,5,7-8,10-11H2,1-4H3. The van der Waals surface area contributed by atoms with Gasteiger partial charge in [0.1, 0.15) is 30.5 Å². The summed E-state index contributed by atoms with van der Waals surface area (Å²) in [5, 5.41) is 31.3.